The van der Waals surface area contributed by atoms with Crippen LogP contribution >= 0.6 is 0 Å². The molecule has 0 aliphatic heterocycles. The van der Waals surface area contributed by atoms with Crippen molar-refractivity contribution in [1.82, 2.24) is 40.4 Å². The number of nitrogens with zero attached hydrogens (tertiary/aromatic N) is 8. The van der Waals surface area contributed by atoms with Crippen molar-refractivity contribution in [1.29, 1.82) is 0 Å². The van der Waals surface area contributed by atoms with E-state index in [1.165, 1.54) is 29.2 Å². The van der Waals surface area contributed by atoms with Gasteiger partial charge in [0.1, 0.15) is 18.7 Å². The van der Waals surface area contributed by atoms with Crippen LogP contribution in [0.5, 0.6) is 0 Å². The summed E-state index contributed by atoms with van der Waals surface area (Å²) in [5.41, 5.74) is 1.29. The Bertz CT molecular complexity index is 1060. The van der Waals surface area contributed by atoms with E-state index in [0.29, 0.717) is 17.1 Å². The summed E-state index contributed by atoms with van der Waals surface area (Å²) in [6.45, 7) is -0.221. The van der Waals surface area contributed by atoms with Gasteiger partial charge in [-0.15, -0.1) is 15.3 Å². The number of halogens is 1. The summed E-state index contributed by atoms with van der Waals surface area (Å²) in [7, 11) is 0. The smallest absolute Gasteiger partial charge is 0.207 e. The van der Waals surface area contributed by atoms with Crippen molar-refractivity contribution in [2.75, 3.05) is 0 Å². The van der Waals surface area contributed by atoms with Crippen molar-refractivity contribution in [2.24, 2.45) is 0 Å². The molecule has 0 spiro atoms. The number of aromatic nitrogens is 8. The van der Waals surface area contributed by atoms with Gasteiger partial charge in [0.25, 0.3) is 0 Å². The summed E-state index contributed by atoms with van der Waals surface area (Å²) in [5, 5.41) is 23.2. The molecular weight excluding hydrogens is 339 g/mol. The first-order chi connectivity index (χ1) is 12.7. The normalized spacial score (nSPS) is 10.8. The Morgan fingerprint density at radius 2 is 1.85 bits per heavy atom. The molecule has 9 nitrogen and oxygen atoms in total. The number of rotatable bonds is 5. The van der Waals surface area contributed by atoms with Crippen molar-refractivity contribution in [3.8, 4) is 17.1 Å². The Hall–Kier alpha value is -3.82. The minimum absolute atomic E-state index is 0.0135. The van der Waals surface area contributed by atoms with Crippen molar-refractivity contribution < 1.29 is 9.18 Å². The number of para-hydroxylation sites is 1. The van der Waals surface area contributed by atoms with Gasteiger partial charge >= 0.3 is 0 Å². The maximum Gasteiger partial charge on any atom is 0.207 e. The van der Waals surface area contributed by atoms with Gasteiger partial charge in [-0.1, -0.05) is 24.3 Å². The van der Waals surface area contributed by atoms with Crippen LogP contribution < -0.4 is 0 Å². The maximum absolute atomic E-state index is 13.7. The van der Waals surface area contributed by atoms with E-state index in [-0.39, 0.29) is 12.1 Å². The number of carbonyl (C=O) groups excluding carboxylic acids is 1. The molecule has 0 saturated heterocycles. The molecule has 4 rings (SSSR count). The quantitative estimate of drug-likeness (QED) is 0.500. The molecule has 0 amide bonds. The highest BCUT2D eigenvalue weighted by atomic mass is 19.1. The fourth-order valence-electron chi connectivity index (χ4n) is 2.45. The second-order valence-electron chi connectivity index (χ2n) is 5.32. The van der Waals surface area contributed by atoms with E-state index in [4.69, 9.17) is 0 Å². The standard InChI is InChI=1S/C16H11FN8O/c17-13-7-3-1-5-11(13)15(26)9-25-20-16(19-22-25)12-6-2-4-8-14(12)24-10-18-21-23-24/h1-8,10H,9H2. The van der Waals surface area contributed by atoms with Gasteiger partial charge in [-0.25, -0.2) is 4.39 Å². The predicted octanol–water partition coefficient (Wildman–Crippen LogP) is 1.34. The SMILES string of the molecule is O=C(Cn1nnc(-c2ccccc2-n2cnnn2)n1)c1ccccc1F. The molecule has 0 saturated carbocycles. The molecule has 0 atom stereocenters. The predicted molar refractivity (Wildman–Crippen MR) is 86.7 cm³/mol. The third kappa shape index (κ3) is 2.95. The zero-order chi connectivity index (χ0) is 17.9. The summed E-state index contributed by atoms with van der Waals surface area (Å²) in [4.78, 5) is 13.4. The van der Waals surface area contributed by atoms with Crippen molar-refractivity contribution in [3.05, 3.63) is 66.2 Å². The highest BCUT2D eigenvalue weighted by Gasteiger charge is 2.16. The molecular formula is C16H11FN8O. The van der Waals surface area contributed by atoms with Crippen LogP contribution in [-0.4, -0.2) is 46.2 Å². The van der Waals surface area contributed by atoms with Gasteiger partial charge in [0.05, 0.1) is 11.3 Å². The third-order valence-electron chi connectivity index (χ3n) is 3.65. The number of Topliss-reactive ketones (excluding diaryl/α,β-unsaturated/α-hetero) is 1. The van der Waals surface area contributed by atoms with E-state index in [0.717, 1.165) is 4.80 Å². The fourth-order valence-corrected chi connectivity index (χ4v) is 2.45. The van der Waals surface area contributed by atoms with Gasteiger partial charge in [-0.3, -0.25) is 4.79 Å². The van der Waals surface area contributed by atoms with E-state index in [2.05, 4.69) is 30.9 Å². The molecule has 2 aromatic heterocycles. The van der Waals surface area contributed by atoms with Crippen LogP contribution in [0.25, 0.3) is 17.1 Å². The first-order valence-electron chi connectivity index (χ1n) is 7.60. The van der Waals surface area contributed by atoms with Crippen LogP contribution in [0.4, 0.5) is 4.39 Å². The first kappa shape index (κ1) is 15.7. The molecule has 2 heterocycles. The van der Waals surface area contributed by atoms with Crippen LogP contribution in [0, 0.1) is 5.82 Å². The average molecular weight is 350 g/mol. The van der Waals surface area contributed by atoms with Gasteiger partial charge in [-0.2, -0.15) is 9.48 Å². The molecule has 2 aromatic carbocycles. The lowest BCUT2D eigenvalue weighted by atomic mass is 10.1. The second kappa shape index (κ2) is 6.59. The lowest BCUT2D eigenvalue weighted by Crippen LogP contribution is -2.14. The number of ketones is 1. The summed E-state index contributed by atoms with van der Waals surface area (Å²) >= 11 is 0. The lowest BCUT2D eigenvalue weighted by molar-refractivity contribution is 0.0957. The van der Waals surface area contributed by atoms with Crippen LogP contribution in [-0.2, 0) is 6.54 Å². The Morgan fingerprint density at radius 3 is 2.65 bits per heavy atom. The third-order valence-corrected chi connectivity index (χ3v) is 3.65. The van der Waals surface area contributed by atoms with Gasteiger partial charge in [0.2, 0.25) is 5.82 Å². The Balaban J connectivity index is 1.62. The molecule has 0 aliphatic carbocycles. The van der Waals surface area contributed by atoms with Crippen molar-refractivity contribution >= 4 is 5.78 Å². The fraction of sp³-hybridized carbons (Fsp3) is 0.0625. The summed E-state index contributed by atoms with van der Waals surface area (Å²) in [6.07, 6.45) is 1.45. The van der Waals surface area contributed by atoms with E-state index in [1.54, 1.807) is 18.2 Å². The van der Waals surface area contributed by atoms with Crippen LogP contribution in [0.1, 0.15) is 10.4 Å². The monoisotopic (exact) mass is 350 g/mol. The molecule has 0 fully saturated rings. The number of benzene rings is 2. The molecule has 10 heteroatoms. The number of tetrazole rings is 2. The Labute approximate surface area is 146 Å². The van der Waals surface area contributed by atoms with Crippen molar-refractivity contribution in [2.45, 2.75) is 6.54 Å². The van der Waals surface area contributed by atoms with Gasteiger partial charge in [0.15, 0.2) is 5.78 Å². The minimum Gasteiger partial charge on any atom is -0.292 e. The molecule has 0 aliphatic rings. The maximum atomic E-state index is 13.7. The summed E-state index contributed by atoms with van der Waals surface area (Å²) in [6, 6.07) is 13.0. The topological polar surface area (TPSA) is 104 Å². The zero-order valence-corrected chi connectivity index (χ0v) is 13.3. The van der Waals surface area contributed by atoms with Crippen LogP contribution in [0.3, 0.4) is 0 Å². The highest BCUT2D eigenvalue weighted by Crippen LogP contribution is 2.22. The van der Waals surface area contributed by atoms with Gasteiger partial charge in [-0.05, 0) is 39.9 Å². The molecule has 128 valence electrons. The Morgan fingerprint density at radius 1 is 1.04 bits per heavy atom. The summed E-state index contributed by atoms with van der Waals surface area (Å²) in [5.74, 6) is -0.722. The van der Waals surface area contributed by atoms with E-state index in [1.807, 2.05) is 12.1 Å². The van der Waals surface area contributed by atoms with E-state index >= 15 is 0 Å². The average Bonchev–Trinajstić information content (AvgIpc) is 3.34. The summed E-state index contributed by atoms with van der Waals surface area (Å²) < 4.78 is 15.2. The molecule has 26 heavy (non-hydrogen) atoms. The minimum atomic E-state index is -0.582. The van der Waals surface area contributed by atoms with Gasteiger partial charge in [0, 0.05) is 5.56 Å². The zero-order valence-electron chi connectivity index (χ0n) is 13.3. The van der Waals surface area contributed by atoms with Crippen LogP contribution in [0.15, 0.2) is 54.9 Å². The first-order valence-corrected chi connectivity index (χ1v) is 7.60. The molecule has 0 unspecified atom stereocenters. The van der Waals surface area contributed by atoms with Crippen molar-refractivity contribution in [3.63, 3.8) is 0 Å². The number of carbonyl (C=O) groups is 1. The molecule has 0 radical (unpaired) electrons. The number of hydrogen-bond donors (Lipinski definition) is 0. The lowest BCUT2D eigenvalue weighted by Gasteiger charge is -2.04. The molecule has 0 bridgehead atoms. The molecule has 4 aromatic rings. The van der Waals surface area contributed by atoms with Gasteiger partial charge < -0.3 is 0 Å². The molecule has 0 N–H and O–H groups in total. The largest absolute Gasteiger partial charge is 0.292 e. The number of hydrogen-bond acceptors (Lipinski definition) is 7. The van der Waals surface area contributed by atoms with E-state index < -0.39 is 11.6 Å². The van der Waals surface area contributed by atoms with E-state index in [9.17, 15) is 9.18 Å². The Kier molecular flexibility index (Phi) is 3.98. The van der Waals surface area contributed by atoms with Crippen LogP contribution in [0.2, 0.25) is 0 Å². The second-order valence-corrected chi connectivity index (χ2v) is 5.32. The highest BCUT2D eigenvalue weighted by molar-refractivity contribution is 5.96.